The van der Waals surface area contributed by atoms with Crippen molar-refractivity contribution in [1.82, 2.24) is 14.9 Å². The Morgan fingerprint density at radius 1 is 1.08 bits per heavy atom. The van der Waals surface area contributed by atoms with E-state index in [2.05, 4.69) is 9.97 Å². The number of imide groups is 1. The number of carbonyl (C=O) groups excluding carboxylic acids is 3. The Kier molecular flexibility index (Phi) is 8.08. The number of aryl methyl sites for hydroxylation is 2. The Morgan fingerprint density at radius 3 is 2.42 bits per heavy atom. The van der Waals surface area contributed by atoms with E-state index in [1.165, 1.54) is 6.42 Å². The average molecular weight is 509 g/mol. The second-order valence-electron chi connectivity index (χ2n) is 9.21. The van der Waals surface area contributed by atoms with Crippen LogP contribution in [-0.4, -0.2) is 52.3 Å². The van der Waals surface area contributed by atoms with E-state index in [0.29, 0.717) is 17.3 Å². The molecule has 0 bridgehead atoms. The van der Waals surface area contributed by atoms with Crippen LogP contribution >= 0.6 is 11.8 Å². The Balaban J connectivity index is 1.76. The van der Waals surface area contributed by atoms with Gasteiger partial charge in [0.25, 0.3) is 11.8 Å². The number of aromatic nitrogens is 2. The molecule has 4 rings (SSSR count). The van der Waals surface area contributed by atoms with Crippen LogP contribution in [0.4, 0.5) is 5.69 Å². The van der Waals surface area contributed by atoms with Gasteiger partial charge in [-0.3, -0.25) is 9.59 Å². The van der Waals surface area contributed by atoms with Crippen LogP contribution in [0.15, 0.2) is 46.1 Å². The number of anilines is 1. The van der Waals surface area contributed by atoms with E-state index in [1.54, 1.807) is 24.3 Å². The van der Waals surface area contributed by atoms with Crippen molar-refractivity contribution in [2.45, 2.75) is 70.5 Å². The van der Waals surface area contributed by atoms with Crippen LogP contribution in [0, 0.1) is 13.8 Å². The van der Waals surface area contributed by atoms with Gasteiger partial charge in [-0.25, -0.2) is 19.7 Å². The van der Waals surface area contributed by atoms with Gasteiger partial charge in [0.15, 0.2) is 5.16 Å². The maximum Gasteiger partial charge on any atom is 0.340 e. The van der Waals surface area contributed by atoms with Crippen molar-refractivity contribution >= 4 is 35.2 Å². The van der Waals surface area contributed by atoms with Gasteiger partial charge in [0.2, 0.25) is 0 Å². The minimum Gasteiger partial charge on any atom is -0.462 e. The third-order valence-corrected chi connectivity index (χ3v) is 7.39. The quantitative estimate of drug-likeness (QED) is 0.285. The Bertz CT molecular complexity index is 1190. The summed E-state index contributed by atoms with van der Waals surface area (Å²) in [5.41, 5.74) is 2.30. The molecule has 2 aromatic rings. The Labute approximate surface area is 216 Å². The lowest BCUT2D eigenvalue weighted by Gasteiger charge is -2.33. The fourth-order valence-electron chi connectivity index (χ4n) is 4.72. The summed E-state index contributed by atoms with van der Waals surface area (Å²) in [6.45, 7) is 5.90. The molecule has 0 saturated heterocycles. The van der Waals surface area contributed by atoms with Crippen molar-refractivity contribution in [3.63, 3.8) is 0 Å². The van der Waals surface area contributed by atoms with E-state index in [-0.39, 0.29) is 28.8 Å². The van der Waals surface area contributed by atoms with E-state index in [4.69, 9.17) is 4.74 Å². The fraction of sp³-hybridized carbons (Fsp3) is 0.444. The van der Waals surface area contributed by atoms with Crippen molar-refractivity contribution in [3.05, 3.63) is 57.9 Å². The van der Waals surface area contributed by atoms with Gasteiger partial charge in [-0.05, 0) is 63.1 Å². The van der Waals surface area contributed by atoms with Crippen LogP contribution in [-0.2, 0) is 14.3 Å². The van der Waals surface area contributed by atoms with E-state index in [0.717, 1.165) is 53.7 Å². The number of rotatable bonds is 8. The molecule has 1 saturated carbocycles. The zero-order chi connectivity index (χ0) is 25.8. The predicted octanol–water partition coefficient (Wildman–Crippen LogP) is 4.80. The van der Waals surface area contributed by atoms with Crippen molar-refractivity contribution in [1.29, 1.82) is 0 Å². The molecule has 0 unspecified atom stereocenters. The highest BCUT2D eigenvalue weighted by Gasteiger charge is 2.44. The molecule has 2 heterocycles. The molecule has 1 aliphatic heterocycles. The molecule has 0 N–H and O–H groups in total. The number of ether oxygens (including phenoxy) is 1. The van der Waals surface area contributed by atoms with Crippen molar-refractivity contribution in [3.8, 4) is 0 Å². The third-order valence-electron chi connectivity index (χ3n) is 6.45. The number of thioether (sulfide) groups is 1. The normalized spacial score (nSPS) is 16.6. The number of benzene rings is 1. The number of esters is 1. The standard InChI is InChI=1S/C27H32N4O4S/c1-5-15-35-26(34)20-13-9-10-14-21(20)31-24(32)22(30(4)19-11-7-6-8-12-19)23(25(31)33)36-27-28-17(2)16-18(3)29-27/h9-10,13-14,16,19H,5-8,11-12,15H2,1-4H3. The summed E-state index contributed by atoms with van der Waals surface area (Å²) in [6.07, 6.45) is 5.93. The molecule has 190 valence electrons. The van der Waals surface area contributed by atoms with Gasteiger partial charge in [-0.2, -0.15) is 0 Å². The highest BCUT2D eigenvalue weighted by Crippen LogP contribution is 2.40. The Hall–Kier alpha value is -3.20. The largest absolute Gasteiger partial charge is 0.462 e. The molecule has 9 heteroatoms. The molecular weight excluding hydrogens is 476 g/mol. The number of para-hydroxylation sites is 1. The first-order valence-corrected chi connectivity index (χ1v) is 13.3. The topological polar surface area (TPSA) is 92.7 Å². The van der Waals surface area contributed by atoms with Crippen LogP contribution in [0.25, 0.3) is 0 Å². The number of hydrogen-bond acceptors (Lipinski definition) is 8. The lowest BCUT2D eigenvalue weighted by atomic mass is 9.94. The fourth-order valence-corrected chi connectivity index (χ4v) is 5.78. The number of hydrogen-bond donors (Lipinski definition) is 0. The maximum atomic E-state index is 13.9. The van der Waals surface area contributed by atoms with Crippen LogP contribution in [0.2, 0.25) is 0 Å². The molecule has 2 amide bonds. The molecule has 0 radical (unpaired) electrons. The van der Waals surface area contributed by atoms with E-state index >= 15 is 0 Å². The first-order valence-electron chi connectivity index (χ1n) is 12.4. The van der Waals surface area contributed by atoms with Gasteiger partial charge in [0, 0.05) is 24.5 Å². The Morgan fingerprint density at radius 2 is 1.75 bits per heavy atom. The van der Waals surface area contributed by atoms with Gasteiger partial charge >= 0.3 is 5.97 Å². The lowest BCUT2D eigenvalue weighted by molar-refractivity contribution is -0.121. The summed E-state index contributed by atoms with van der Waals surface area (Å²) in [4.78, 5) is 52.9. The van der Waals surface area contributed by atoms with E-state index in [9.17, 15) is 14.4 Å². The predicted molar refractivity (Wildman–Crippen MR) is 139 cm³/mol. The maximum absolute atomic E-state index is 13.9. The van der Waals surface area contributed by atoms with Crippen LogP contribution in [0.1, 0.15) is 67.2 Å². The van der Waals surface area contributed by atoms with Gasteiger partial charge in [-0.15, -0.1) is 0 Å². The number of nitrogens with zero attached hydrogens (tertiary/aromatic N) is 4. The zero-order valence-corrected chi connectivity index (χ0v) is 22.1. The SMILES string of the molecule is CCCOC(=O)c1ccccc1N1C(=O)C(Sc2nc(C)cc(C)n2)=C(N(C)C2CCCCC2)C1=O. The van der Waals surface area contributed by atoms with Gasteiger partial charge < -0.3 is 9.64 Å². The first kappa shape index (κ1) is 25.9. The van der Waals surface area contributed by atoms with Gasteiger partial charge in [-0.1, -0.05) is 38.3 Å². The highest BCUT2D eigenvalue weighted by atomic mass is 32.2. The molecule has 1 aromatic heterocycles. The van der Waals surface area contributed by atoms with Crippen LogP contribution in [0.5, 0.6) is 0 Å². The number of amides is 2. The van der Waals surface area contributed by atoms with Crippen LogP contribution < -0.4 is 4.90 Å². The van der Waals surface area contributed by atoms with Gasteiger partial charge in [0.1, 0.15) is 10.6 Å². The summed E-state index contributed by atoms with van der Waals surface area (Å²) in [6, 6.07) is 8.60. The minimum atomic E-state index is -0.561. The summed E-state index contributed by atoms with van der Waals surface area (Å²) in [5, 5.41) is 0.413. The minimum absolute atomic E-state index is 0.158. The third kappa shape index (κ3) is 5.31. The van der Waals surface area contributed by atoms with Crippen molar-refractivity contribution in [2.75, 3.05) is 18.6 Å². The second-order valence-corrected chi connectivity index (χ2v) is 10.2. The zero-order valence-electron chi connectivity index (χ0n) is 21.2. The number of likely N-dealkylation sites (N-methyl/N-ethyl adjacent to an activating group) is 1. The molecule has 36 heavy (non-hydrogen) atoms. The highest BCUT2D eigenvalue weighted by molar-refractivity contribution is 8.04. The summed E-state index contributed by atoms with van der Waals surface area (Å²) < 4.78 is 5.33. The number of carbonyl (C=O) groups is 3. The van der Waals surface area contributed by atoms with E-state index in [1.807, 2.05) is 38.8 Å². The summed E-state index contributed by atoms with van der Waals surface area (Å²) in [7, 11) is 1.88. The molecule has 8 nitrogen and oxygen atoms in total. The van der Waals surface area contributed by atoms with Crippen molar-refractivity contribution in [2.24, 2.45) is 0 Å². The molecular formula is C27H32N4O4S. The molecule has 0 atom stereocenters. The molecule has 1 aliphatic carbocycles. The summed E-state index contributed by atoms with van der Waals surface area (Å²) >= 11 is 1.11. The monoisotopic (exact) mass is 508 g/mol. The molecule has 2 aliphatic rings. The molecule has 1 aromatic carbocycles. The van der Waals surface area contributed by atoms with Crippen LogP contribution in [0.3, 0.4) is 0 Å². The first-order chi connectivity index (χ1) is 17.3. The lowest BCUT2D eigenvalue weighted by Crippen LogP contribution is -2.39. The van der Waals surface area contributed by atoms with E-state index < -0.39 is 17.8 Å². The average Bonchev–Trinajstić information content (AvgIpc) is 3.10. The van der Waals surface area contributed by atoms with Crippen molar-refractivity contribution < 1.29 is 19.1 Å². The van der Waals surface area contributed by atoms with Gasteiger partial charge in [0.05, 0.1) is 17.9 Å². The second kappa shape index (κ2) is 11.2. The molecule has 1 fully saturated rings. The molecule has 0 spiro atoms. The summed E-state index contributed by atoms with van der Waals surface area (Å²) in [5.74, 6) is -1.49. The smallest absolute Gasteiger partial charge is 0.340 e.